The molecule has 0 unspecified atom stereocenters. The van der Waals surface area contributed by atoms with Crippen molar-refractivity contribution in [2.75, 3.05) is 0 Å². The van der Waals surface area contributed by atoms with Crippen LogP contribution >= 0.6 is 0 Å². The Kier molecular flexibility index (Phi) is 2.11. The van der Waals surface area contributed by atoms with E-state index in [-0.39, 0.29) is 12.1 Å². The maximum atomic E-state index is 11.6. The average Bonchev–Trinajstić information content (AvgIpc) is 2.57. The number of rotatable bonds is 2. The van der Waals surface area contributed by atoms with Gasteiger partial charge in [-0.05, 0) is 12.1 Å². The molecular weight excluding hydrogens is 186 g/mol. The molecule has 2 N–H and O–H groups in total. The van der Waals surface area contributed by atoms with Crippen molar-refractivity contribution in [1.29, 1.82) is 0 Å². The zero-order valence-electron chi connectivity index (χ0n) is 7.25. The van der Waals surface area contributed by atoms with E-state index in [1.807, 2.05) is 0 Å². The van der Waals surface area contributed by atoms with Gasteiger partial charge in [0.2, 0.25) is 0 Å². The van der Waals surface area contributed by atoms with Crippen LogP contribution in [0.1, 0.15) is 0 Å². The molecule has 0 saturated carbocycles. The lowest BCUT2D eigenvalue weighted by atomic mass is 10.3. The van der Waals surface area contributed by atoms with Crippen LogP contribution in [0.4, 0.5) is 0 Å². The molecule has 0 bridgehead atoms. The van der Waals surface area contributed by atoms with Gasteiger partial charge in [-0.1, -0.05) is 0 Å². The maximum absolute atomic E-state index is 11.6. The summed E-state index contributed by atoms with van der Waals surface area (Å²) in [5.41, 5.74) is 0.211. The van der Waals surface area contributed by atoms with Crippen molar-refractivity contribution < 1.29 is 14.6 Å². The second-order valence-corrected chi connectivity index (χ2v) is 2.95. The van der Waals surface area contributed by atoms with Crippen LogP contribution in [0.5, 0.6) is 0 Å². The largest absolute Gasteiger partial charge is 0.464 e. The summed E-state index contributed by atoms with van der Waals surface area (Å²) in [6, 6.07) is 3.16. The second-order valence-electron chi connectivity index (χ2n) is 2.95. The monoisotopic (exact) mass is 195 g/mol. The SMILES string of the molecule is O=c1c2ccoc2ccn1CC(O)O. The molecule has 0 saturated heterocycles. The average molecular weight is 195 g/mol. The minimum absolute atomic E-state index is 0.139. The summed E-state index contributed by atoms with van der Waals surface area (Å²) in [6.07, 6.45) is 1.36. The van der Waals surface area contributed by atoms with E-state index in [1.54, 1.807) is 12.1 Å². The topological polar surface area (TPSA) is 75.6 Å². The Morgan fingerprint density at radius 2 is 2.21 bits per heavy atom. The van der Waals surface area contributed by atoms with Crippen LogP contribution in [0, 0.1) is 0 Å². The molecule has 2 heterocycles. The van der Waals surface area contributed by atoms with Gasteiger partial charge in [0.05, 0.1) is 18.2 Å². The van der Waals surface area contributed by atoms with Crippen molar-refractivity contribution in [2.24, 2.45) is 0 Å². The highest BCUT2D eigenvalue weighted by molar-refractivity contribution is 5.75. The Balaban J connectivity index is 2.57. The van der Waals surface area contributed by atoms with Gasteiger partial charge in [0.1, 0.15) is 5.58 Å². The smallest absolute Gasteiger partial charge is 0.261 e. The summed E-state index contributed by atoms with van der Waals surface area (Å²) in [7, 11) is 0. The van der Waals surface area contributed by atoms with E-state index in [2.05, 4.69) is 0 Å². The molecule has 0 aliphatic carbocycles. The molecule has 0 amide bonds. The second kappa shape index (κ2) is 3.28. The zero-order valence-corrected chi connectivity index (χ0v) is 7.25. The summed E-state index contributed by atoms with van der Waals surface area (Å²) in [5, 5.41) is 17.9. The van der Waals surface area contributed by atoms with Crippen LogP contribution in [0.25, 0.3) is 11.0 Å². The zero-order chi connectivity index (χ0) is 10.1. The van der Waals surface area contributed by atoms with Gasteiger partial charge in [-0.25, -0.2) is 0 Å². The summed E-state index contributed by atoms with van der Waals surface area (Å²) >= 11 is 0. The summed E-state index contributed by atoms with van der Waals surface area (Å²) in [4.78, 5) is 11.6. The fourth-order valence-electron chi connectivity index (χ4n) is 1.33. The van der Waals surface area contributed by atoms with Crippen molar-refractivity contribution in [1.82, 2.24) is 4.57 Å². The Morgan fingerprint density at radius 3 is 2.93 bits per heavy atom. The van der Waals surface area contributed by atoms with Gasteiger partial charge in [-0.15, -0.1) is 0 Å². The molecule has 5 heteroatoms. The fourth-order valence-corrected chi connectivity index (χ4v) is 1.33. The predicted molar refractivity (Wildman–Crippen MR) is 48.7 cm³/mol. The summed E-state index contributed by atoms with van der Waals surface area (Å²) < 4.78 is 6.25. The Labute approximate surface area is 78.8 Å². The predicted octanol–water partition coefficient (Wildman–Crippen LogP) is -0.0948. The molecule has 0 spiro atoms. The number of aliphatic hydroxyl groups is 2. The standard InChI is InChI=1S/C9H9NO4/c11-8(12)5-10-3-1-7-6(9(10)13)2-4-14-7/h1-4,8,11-12H,5H2. The fraction of sp³-hybridized carbons (Fsp3) is 0.222. The van der Waals surface area contributed by atoms with E-state index in [9.17, 15) is 4.79 Å². The van der Waals surface area contributed by atoms with Gasteiger partial charge in [0, 0.05) is 6.20 Å². The Bertz CT molecular complexity index is 497. The molecule has 74 valence electrons. The first-order valence-corrected chi connectivity index (χ1v) is 4.11. The first-order chi connectivity index (χ1) is 6.68. The molecule has 2 aromatic rings. The minimum Gasteiger partial charge on any atom is -0.464 e. The van der Waals surface area contributed by atoms with E-state index in [1.165, 1.54) is 17.0 Å². The number of furan rings is 1. The molecule has 2 aromatic heterocycles. The number of aromatic nitrogens is 1. The van der Waals surface area contributed by atoms with Gasteiger partial charge >= 0.3 is 0 Å². The highest BCUT2D eigenvalue weighted by atomic mass is 16.5. The van der Waals surface area contributed by atoms with Gasteiger partial charge in [0.25, 0.3) is 5.56 Å². The molecule has 0 aliphatic rings. The van der Waals surface area contributed by atoms with Crippen LogP contribution in [-0.2, 0) is 6.54 Å². The van der Waals surface area contributed by atoms with Gasteiger partial charge in [-0.2, -0.15) is 0 Å². The van der Waals surface area contributed by atoms with Crippen molar-refractivity contribution >= 4 is 11.0 Å². The number of aliphatic hydroxyl groups excluding tert-OH is 1. The maximum Gasteiger partial charge on any atom is 0.261 e. The normalized spacial score (nSPS) is 11.4. The molecule has 0 aliphatic heterocycles. The third-order valence-corrected chi connectivity index (χ3v) is 1.95. The Hall–Kier alpha value is -1.59. The lowest BCUT2D eigenvalue weighted by Gasteiger charge is -2.06. The molecule has 2 rings (SSSR count). The van der Waals surface area contributed by atoms with E-state index in [4.69, 9.17) is 14.6 Å². The van der Waals surface area contributed by atoms with Crippen LogP contribution in [0.2, 0.25) is 0 Å². The molecule has 0 radical (unpaired) electrons. The minimum atomic E-state index is -1.53. The van der Waals surface area contributed by atoms with Crippen molar-refractivity contribution in [3.8, 4) is 0 Å². The molecule has 0 fully saturated rings. The quantitative estimate of drug-likeness (QED) is 0.656. The summed E-state index contributed by atoms with van der Waals surface area (Å²) in [5.74, 6) is 0. The first-order valence-electron chi connectivity index (χ1n) is 4.11. The van der Waals surface area contributed by atoms with E-state index >= 15 is 0 Å². The Morgan fingerprint density at radius 1 is 1.43 bits per heavy atom. The highest BCUT2D eigenvalue weighted by Gasteiger charge is 2.06. The van der Waals surface area contributed by atoms with Crippen LogP contribution in [0.15, 0.2) is 33.8 Å². The number of hydrogen-bond donors (Lipinski definition) is 2. The number of pyridine rings is 1. The first kappa shape index (κ1) is 8.98. The van der Waals surface area contributed by atoms with Crippen LogP contribution in [-0.4, -0.2) is 21.1 Å². The van der Waals surface area contributed by atoms with Crippen molar-refractivity contribution in [3.63, 3.8) is 0 Å². The number of nitrogens with zero attached hydrogens (tertiary/aromatic N) is 1. The van der Waals surface area contributed by atoms with Crippen LogP contribution in [0.3, 0.4) is 0 Å². The van der Waals surface area contributed by atoms with Gasteiger partial charge < -0.3 is 19.2 Å². The van der Waals surface area contributed by atoms with E-state index < -0.39 is 6.29 Å². The molecule has 5 nitrogen and oxygen atoms in total. The highest BCUT2D eigenvalue weighted by Crippen LogP contribution is 2.09. The molecule has 0 atom stereocenters. The van der Waals surface area contributed by atoms with E-state index in [0.29, 0.717) is 11.0 Å². The van der Waals surface area contributed by atoms with E-state index in [0.717, 1.165) is 0 Å². The van der Waals surface area contributed by atoms with Gasteiger partial charge in [-0.3, -0.25) is 4.79 Å². The number of fused-ring (bicyclic) bond motifs is 1. The molecule has 0 aromatic carbocycles. The van der Waals surface area contributed by atoms with Crippen molar-refractivity contribution in [3.05, 3.63) is 34.9 Å². The van der Waals surface area contributed by atoms with Crippen LogP contribution < -0.4 is 5.56 Å². The third-order valence-electron chi connectivity index (χ3n) is 1.95. The summed E-state index contributed by atoms with van der Waals surface area (Å²) in [6.45, 7) is -0.139. The van der Waals surface area contributed by atoms with Crippen molar-refractivity contribution in [2.45, 2.75) is 12.8 Å². The third kappa shape index (κ3) is 1.43. The number of hydrogen-bond acceptors (Lipinski definition) is 4. The molecule has 14 heavy (non-hydrogen) atoms. The lowest BCUT2D eigenvalue weighted by Crippen LogP contribution is -2.25. The lowest BCUT2D eigenvalue weighted by molar-refractivity contribution is -0.0518. The van der Waals surface area contributed by atoms with Gasteiger partial charge in [0.15, 0.2) is 6.29 Å². The molecular formula is C9H9NO4.